The van der Waals surface area contributed by atoms with E-state index in [9.17, 15) is 0 Å². The van der Waals surface area contributed by atoms with Gasteiger partial charge in [0.25, 0.3) is 0 Å². The normalized spacial score (nSPS) is 7.86. The summed E-state index contributed by atoms with van der Waals surface area (Å²) in [5.41, 5.74) is 4.63. The van der Waals surface area contributed by atoms with Crippen LogP contribution in [0.1, 0.15) is 65.2 Å². The van der Waals surface area contributed by atoms with E-state index < -0.39 is 0 Å². The maximum atomic E-state index is 4.42. The van der Waals surface area contributed by atoms with E-state index in [0.717, 1.165) is 16.5 Å². The van der Waals surface area contributed by atoms with Crippen molar-refractivity contribution in [2.45, 2.75) is 62.3 Å². The predicted molar refractivity (Wildman–Crippen MR) is 97.8 cm³/mol. The fourth-order valence-electron chi connectivity index (χ4n) is 1.75. The second kappa shape index (κ2) is 13.2. The first-order valence-corrected chi connectivity index (χ1v) is 8.01. The summed E-state index contributed by atoms with van der Waals surface area (Å²) in [6, 6.07) is 6.17. The number of hydrogen-bond acceptors (Lipinski definition) is 1. The van der Waals surface area contributed by atoms with Crippen LogP contribution in [0.25, 0.3) is 10.9 Å². The zero-order chi connectivity index (χ0) is 16.8. The molecular weight excluding hydrogens is 254 g/mol. The molecule has 1 aromatic heterocycles. The van der Waals surface area contributed by atoms with Gasteiger partial charge in [-0.25, -0.2) is 0 Å². The fraction of sp³-hybridized carbons (Fsp3) is 0.450. The molecule has 116 valence electrons. The molecule has 0 unspecified atom stereocenters. The van der Waals surface area contributed by atoms with Gasteiger partial charge >= 0.3 is 0 Å². The van der Waals surface area contributed by atoms with Crippen molar-refractivity contribution in [3.63, 3.8) is 0 Å². The van der Waals surface area contributed by atoms with E-state index in [1.807, 2.05) is 60.7 Å². The smallest absolute Gasteiger partial charge is 0.0746 e. The van der Waals surface area contributed by atoms with E-state index in [1.54, 1.807) is 0 Å². The Morgan fingerprint density at radius 1 is 0.952 bits per heavy atom. The van der Waals surface area contributed by atoms with Crippen molar-refractivity contribution >= 4 is 10.9 Å². The molecule has 0 aliphatic carbocycles. The van der Waals surface area contributed by atoms with Crippen LogP contribution in [0.15, 0.2) is 24.4 Å². The molecule has 0 saturated heterocycles. The standard InChI is InChI=1S/C14H13N.3C2H6/c1-4-6-12-9-10(2)11(3)14-13(12)7-5-8-15-14;3*1-2/h5,7-9H,1-3H3;3*1-2H3. The van der Waals surface area contributed by atoms with Crippen molar-refractivity contribution < 1.29 is 0 Å². The van der Waals surface area contributed by atoms with Gasteiger partial charge in [-0.1, -0.05) is 53.5 Å². The molecule has 1 nitrogen and oxygen atoms in total. The highest BCUT2D eigenvalue weighted by molar-refractivity contribution is 5.88. The molecule has 0 fully saturated rings. The largest absolute Gasteiger partial charge is 0.256 e. The van der Waals surface area contributed by atoms with Crippen LogP contribution in [-0.4, -0.2) is 4.98 Å². The van der Waals surface area contributed by atoms with Crippen molar-refractivity contribution in [1.82, 2.24) is 4.98 Å². The van der Waals surface area contributed by atoms with Gasteiger partial charge in [-0.05, 0) is 44.0 Å². The lowest BCUT2D eigenvalue weighted by molar-refractivity contribution is 1.31. The van der Waals surface area contributed by atoms with Gasteiger partial charge in [0.05, 0.1) is 5.52 Å². The summed E-state index contributed by atoms with van der Waals surface area (Å²) in [4.78, 5) is 4.42. The number of fused-ring (bicyclic) bond motifs is 1. The first-order chi connectivity index (χ1) is 10.2. The number of pyridine rings is 1. The van der Waals surface area contributed by atoms with E-state index in [2.05, 4.69) is 42.8 Å². The number of nitrogens with zero attached hydrogens (tertiary/aromatic N) is 1. The van der Waals surface area contributed by atoms with Gasteiger partial charge in [0.2, 0.25) is 0 Å². The molecule has 2 rings (SSSR count). The van der Waals surface area contributed by atoms with E-state index in [4.69, 9.17) is 0 Å². The Bertz CT molecular complexity index is 571. The summed E-state index contributed by atoms with van der Waals surface area (Å²) >= 11 is 0. The first kappa shape index (κ1) is 21.5. The third-order valence-electron chi connectivity index (χ3n) is 2.67. The maximum absolute atomic E-state index is 4.42. The molecule has 0 aliphatic heterocycles. The van der Waals surface area contributed by atoms with Crippen LogP contribution in [0.5, 0.6) is 0 Å². The first-order valence-electron chi connectivity index (χ1n) is 8.01. The highest BCUT2D eigenvalue weighted by Gasteiger charge is 2.05. The molecule has 1 heteroatoms. The molecule has 0 N–H and O–H groups in total. The molecule has 0 atom stereocenters. The molecule has 2 aromatic rings. The summed E-state index contributed by atoms with van der Waals surface area (Å²) in [7, 11) is 0. The molecule has 0 bridgehead atoms. The third-order valence-corrected chi connectivity index (χ3v) is 2.67. The Kier molecular flexibility index (Phi) is 13.5. The Morgan fingerprint density at radius 3 is 2.05 bits per heavy atom. The van der Waals surface area contributed by atoms with Crippen LogP contribution in [0, 0.1) is 25.7 Å². The van der Waals surface area contributed by atoms with Gasteiger partial charge < -0.3 is 0 Å². The molecule has 0 radical (unpaired) electrons. The van der Waals surface area contributed by atoms with E-state index in [1.165, 1.54) is 11.1 Å². The van der Waals surface area contributed by atoms with Crippen LogP contribution >= 0.6 is 0 Å². The summed E-state index contributed by atoms with van der Waals surface area (Å²) < 4.78 is 0. The SMILES string of the molecule is CC.CC.CC.CC#Cc1cc(C)c(C)c2ncccc12. The molecular formula is C20H31N. The van der Waals surface area contributed by atoms with Crippen LogP contribution in [0.2, 0.25) is 0 Å². The highest BCUT2D eigenvalue weighted by Crippen LogP contribution is 2.22. The van der Waals surface area contributed by atoms with Crippen LogP contribution < -0.4 is 0 Å². The molecule has 0 aliphatic rings. The van der Waals surface area contributed by atoms with Gasteiger partial charge in [0.15, 0.2) is 0 Å². The second-order valence-corrected chi connectivity index (χ2v) is 3.64. The molecule has 1 heterocycles. The fourth-order valence-corrected chi connectivity index (χ4v) is 1.75. The lowest BCUT2D eigenvalue weighted by Gasteiger charge is -2.06. The molecule has 0 saturated carbocycles. The number of aryl methyl sites for hydroxylation is 2. The Morgan fingerprint density at radius 2 is 1.52 bits per heavy atom. The zero-order valence-electron chi connectivity index (χ0n) is 15.3. The van der Waals surface area contributed by atoms with E-state index in [0.29, 0.717) is 0 Å². The summed E-state index contributed by atoms with van der Waals surface area (Å²) in [5, 5.41) is 1.15. The van der Waals surface area contributed by atoms with Crippen molar-refractivity contribution in [3.8, 4) is 11.8 Å². The third kappa shape index (κ3) is 6.00. The van der Waals surface area contributed by atoms with Gasteiger partial charge in [-0.15, -0.1) is 5.92 Å². The Hall–Kier alpha value is -1.81. The Balaban J connectivity index is 0. The summed E-state index contributed by atoms with van der Waals surface area (Å²) in [6.45, 7) is 18.1. The zero-order valence-corrected chi connectivity index (χ0v) is 15.3. The van der Waals surface area contributed by atoms with Crippen LogP contribution in [0.4, 0.5) is 0 Å². The number of hydrogen-bond donors (Lipinski definition) is 0. The van der Waals surface area contributed by atoms with Crippen molar-refractivity contribution in [2.75, 3.05) is 0 Å². The molecule has 0 spiro atoms. The van der Waals surface area contributed by atoms with Gasteiger partial charge in [-0.2, -0.15) is 0 Å². The van der Waals surface area contributed by atoms with E-state index in [-0.39, 0.29) is 0 Å². The van der Waals surface area contributed by atoms with Crippen LogP contribution in [0.3, 0.4) is 0 Å². The van der Waals surface area contributed by atoms with Gasteiger partial charge in [0.1, 0.15) is 0 Å². The van der Waals surface area contributed by atoms with E-state index >= 15 is 0 Å². The monoisotopic (exact) mass is 285 g/mol. The minimum atomic E-state index is 1.07. The number of benzene rings is 1. The molecule has 21 heavy (non-hydrogen) atoms. The highest BCUT2D eigenvalue weighted by atomic mass is 14.6. The minimum Gasteiger partial charge on any atom is -0.256 e. The lowest BCUT2D eigenvalue weighted by atomic mass is 10.00. The summed E-state index contributed by atoms with van der Waals surface area (Å²) in [5.74, 6) is 6.07. The number of aromatic nitrogens is 1. The quantitative estimate of drug-likeness (QED) is 0.517. The van der Waals surface area contributed by atoms with Gasteiger partial charge in [0, 0.05) is 17.1 Å². The van der Waals surface area contributed by atoms with Crippen molar-refractivity contribution in [1.29, 1.82) is 0 Å². The van der Waals surface area contributed by atoms with Gasteiger partial charge in [-0.3, -0.25) is 4.98 Å². The molecule has 1 aromatic carbocycles. The average molecular weight is 285 g/mol. The lowest BCUT2D eigenvalue weighted by Crippen LogP contribution is -1.90. The van der Waals surface area contributed by atoms with Crippen molar-refractivity contribution in [2.24, 2.45) is 0 Å². The Labute approximate surface area is 131 Å². The molecule has 0 amide bonds. The maximum Gasteiger partial charge on any atom is 0.0746 e. The minimum absolute atomic E-state index is 1.07. The average Bonchev–Trinajstić information content (AvgIpc) is 2.58. The number of rotatable bonds is 0. The second-order valence-electron chi connectivity index (χ2n) is 3.64. The topological polar surface area (TPSA) is 12.9 Å². The summed E-state index contributed by atoms with van der Waals surface area (Å²) in [6.07, 6.45) is 1.83. The van der Waals surface area contributed by atoms with Crippen molar-refractivity contribution in [3.05, 3.63) is 41.1 Å². The van der Waals surface area contributed by atoms with Crippen LogP contribution in [-0.2, 0) is 0 Å². The predicted octanol–water partition coefficient (Wildman–Crippen LogP) is 6.30.